The Hall–Kier alpha value is -3.56. The van der Waals surface area contributed by atoms with Crippen molar-refractivity contribution in [2.24, 2.45) is 0 Å². The Morgan fingerprint density at radius 1 is 0.857 bits per heavy atom. The lowest BCUT2D eigenvalue weighted by atomic mass is 10.2. The Kier molecular flexibility index (Phi) is 5.21. The molecule has 1 aromatic heterocycles. The molecule has 0 unspecified atom stereocenters. The van der Waals surface area contributed by atoms with Crippen molar-refractivity contribution in [2.75, 3.05) is 10.6 Å². The molecule has 0 atom stereocenters. The summed E-state index contributed by atoms with van der Waals surface area (Å²) in [5.74, 6) is -7.83. The zero-order valence-electron chi connectivity index (χ0n) is 14.2. The van der Waals surface area contributed by atoms with Gasteiger partial charge in [0.15, 0.2) is 29.1 Å². The van der Waals surface area contributed by atoms with Crippen molar-refractivity contribution in [1.82, 2.24) is 9.97 Å². The summed E-state index contributed by atoms with van der Waals surface area (Å²) in [6.45, 7) is 1.53. The molecule has 0 bridgehead atoms. The van der Waals surface area contributed by atoms with Crippen molar-refractivity contribution in [3.8, 4) is 0 Å². The number of nitrogens with zero attached hydrogens (tertiary/aromatic N) is 2. The fourth-order valence-corrected chi connectivity index (χ4v) is 2.25. The number of rotatable bonds is 4. The molecule has 2 N–H and O–H groups in total. The molecule has 28 heavy (non-hydrogen) atoms. The van der Waals surface area contributed by atoms with E-state index in [4.69, 9.17) is 0 Å². The molecule has 1 amide bonds. The SMILES string of the molecule is Cc1cc(C(=O)Nc2ccc(F)c(F)c2F)nc(Nc2ccc(F)c(F)c2)n1. The second-order valence-electron chi connectivity index (χ2n) is 5.65. The van der Waals surface area contributed by atoms with Crippen LogP contribution in [0.3, 0.4) is 0 Å². The largest absolute Gasteiger partial charge is 0.324 e. The van der Waals surface area contributed by atoms with Crippen LogP contribution in [0.5, 0.6) is 0 Å². The van der Waals surface area contributed by atoms with E-state index in [2.05, 4.69) is 20.6 Å². The number of hydrogen-bond acceptors (Lipinski definition) is 4. The van der Waals surface area contributed by atoms with Crippen LogP contribution < -0.4 is 10.6 Å². The van der Waals surface area contributed by atoms with Crippen molar-refractivity contribution in [1.29, 1.82) is 0 Å². The van der Waals surface area contributed by atoms with Gasteiger partial charge < -0.3 is 10.6 Å². The minimum absolute atomic E-state index is 0.109. The van der Waals surface area contributed by atoms with Crippen molar-refractivity contribution < 1.29 is 26.7 Å². The van der Waals surface area contributed by atoms with Crippen LogP contribution >= 0.6 is 0 Å². The van der Waals surface area contributed by atoms with E-state index in [-0.39, 0.29) is 17.3 Å². The molecule has 2 aromatic carbocycles. The summed E-state index contributed by atoms with van der Waals surface area (Å²) in [7, 11) is 0. The predicted octanol–water partition coefficient (Wildman–Crippen LogP) is 4.48. The third-order valence-corrected chi connectivity index (χ3v) is 3.55. The van der Waals surface area contributed by atoms with Gasteiger partial charge in [0.2, 0.25) is 5.95 Å². The highest BCUT2D eigenvalue weighted by Crippen LogP contribution is 2.21. The van der Waals surface area contributed by atoms with Gasteiger partial charge in [0.05, 0.1) is 5.69 Å². The van der Waals surface area contributed by atoms with E-state index in [1.165, 1.54) is 19.1 Å². The number of carbonyl (C=O) groups is 1. The summed E-state index contributed by atoms with van der Waals surface area (Å²) in [4.78, 5) is 20.2. The van der Waals surface area contributed by atoms with Crippen LogP contribution in [0.2, 0.25) is 0 Å². The Morgan fingerprint density at radius 2 is 1.57 bits per heavy atom. The number of nitrogens with one attached hydrogen (secondary N) is 2. The molecule has 0 spiro atoms. The molecule has 1 heterocycles. The molecule has 0 aliphatic heterocycles. The molecule has 144 valence electrons. The third-order valence-electron chi connectivity index (χ3n) is 3.55. The standard InChI is InChI=1S/C18H11F5N4O/c1-8-6-14(17(28)26-13-5-4-11(20)15(22)16(13)23)27-18(24-8)25-9-2-3-10(19)12(21)7-9/h2-7H,1H3,(H,26,28)(H,24,25,27). The van der Waals surface area contributed by atoms with Gasteiger partial charge in [0.1, 0.15) is 5.69 Å². The second-order valence-corrected chi connectivity index (χ2v) is 5.65. The molecule has 0 aliphatic rings. The van der Waals surface area contributed by atoms with E-state index in [1.807, 2.05) is 0 Å². The van der Waals surface area contributed by atoms with Crippen LogP contribution in [0.1, 0.15) is 16.2 Å². The number of anilines is 3. The van der Waals surface area contributed by atoms with Crippen molar-refractivity contribution in [3.05, 3.63) is 76.9 Å². The number of aromatic nitrogens is 2. The monoisotopic (exact) mass is 394 g/mol. The van der Waals surface area contributed by atoms with Gasteiger partial charge in [-0.2, -0.15) is 0 Å². The molecular formula is C18H11F5N4O. The third kappa shape index (κ3) is 4.05. The van der Waals surface area contributed by atoms with Crippen LogP contribution in [0.15, 0.2) is 36.4 Å². The molecule has 0 saturated carbocycles. The summed E-state index contributed by atoms with van der Waals surface area (Å²) in [5, 5.41) is 4.69. The first-order valence-corrected chi connectivity index (χ1v) is 7.77. The average molecular weight is 394 g/mol. The number of benzene rings is 2. The highest BCUT2D eigenvalue weighted by atomic mass is 19.2. The maximum Gasteiger partial charge on any atom is 0.274 e. The van der Waals surface area contributed by atoms with Crippen LogP contribution in [0, 0.1) is 36.0 Å². The molecule has 0 aliphatic carbocycles. The Labute approximate surface area is 155 Å². The predicted molar refractivity (Wildman–Crippen MR) is 90.7 cm³/mol. The molecule has 0 fully saturated rings. The number of aryl methyl sites for hydroxylation is 1. The van der Waals surface area contributed by atoms with Gasteiger partial charge in [0.25, 0.3) is 5.91 Å². The molecule has 5 nitrogen and oxygen atoms in total. The summed E-state index contributed by atoms with van der Waals surface area (Å²) in [6.07, 6.45) is 0. The highest BCUT2D eigenvalue weighted by molar-refractivity contribution is 6.03. The van der Waals surface area contributed by atoms with Crippen LogP contribution in [-0.2, 0) is 0 Å². The van der Waals surface area contributed by atoms with E-state index in [0.717, 1.165) is 18.2 Å². The lowest BCUT2D eigenvalue weighted by Crippen LogP contribution is -2.17. The first-order valence-electron chi connectivity index (χ1n) is 7.77. The molecular weight excluding hydrogens is 383 g/mol. The maximum absolute atomic E-state index is 13.7. The summed E-state index contributed by atoms with van der Waals surface area (Å²) < 4.78 is 66.3. The number of hydrogen-bond donors (Lipinski definition) is 2. The summed E-state index contributed by atoms with van der Waals surface area (Å²) in [6, 6.07) is 5.80. The van der Waals surface area contributed by atoms with E-state index in [0.29, 0.717) is 11.8 Å². The number of halogens is 5. The van der Waals surface area contributed by atoms with Crippen molar-refractivity contribution in [2.45, 2.75) is 6.92 Å². The van der Waals surface area contributed by atoms with E-state index < -0.39 is 40.7 Å². The maximum atomic E-state index is 13.7. The Morgan fingerprint density at radius 3 is 2.29 bits per heavy atom. The zero-order valence-corrected chi connectivity index (χ0v) is 14.2. The van der Waals surface area contributed by atoms with Gasteiger partial charge >= 0.3 is 0 Å². The molecule has 3 aromatic rings. The topological polar surface area (TPSA) is 66.9 Å². The lowest BCUT2D eigenvalue weighted by molar-refractivity contribution is 0.102. The van der Waals surface area contributed by atoms with Gasteiger partial charge in [-0.1, -0.05) is 0 Å². The number of carbonyl (C=O) groups excluding carboxylic acids is 1. The normalized spacial score (nSPS) is 10.6. The van der Waals surface area contributed by atoms with Crippen LogP contribution in [0.25, 0.3) is 0 Å². The summed E-state index contributed by atoms with van der Waals surface area (Å²) >= 11 is 0. The minimum atomic E-state index is -1.72. The first kappa shape index (κ1) is 19.2. The quantitative estimate of drug-likeness (QED) is 0.506. The Bertz CT molecular complexity index is 1070. The summed E-state index contributed by atoms with van der Waals surface area (Å²) in [5.41, 5.74) is -0.338. The average Bonchev–Trinajstić information content (AvgIpc) is 2.64. The zero-order chi connectivity index (χ0) is 20.4. The number of amides is 1. The molecule has 0 radical (unpaired) electrons. The van der Waals surface area contributed by atoms with E-state index in [9.17, 15) is 26.7 Å². The van der Waals surface area contributed by atoms with Gasteiger partial charge in [-0.3, -0.25) is 4.79 Å². The molecule has 3 rings (SSSR count). The smallest absolute Gasteiger partial charge is 0.274 e. The molecule has 0 saturated heterocycles. The van der Waals surface area contributed by atoms with Crippen molar-refractivity contribution >= 4 is 23.2 Å². The first-order chi connectivity index (χ1) is 13.2. The molecule has 10 heteroatoms. The van der Waals surface area contributed by atoms with E-state index in [1.54, 1.807) is 0 Å². The second kappa shape index (κ2) is 7.59. The lowest BCUT2D eigenvalue weighted by Gasteiger charge is -2.10. The van der Waals surface area contributed by atoms with Gasteiger partial charge in [-0.15, -0.1) is 0 Å². The fraction of sp³-hybridized carbons (Fsp3) is 0.0556. The van der Waals surface area contributed by atoms with Gasteiger partial charge in [-0.05, 0) is 37.3 Å². The van der Waals surface area contributed by atoms with Crippen molar-refractivity contribution in [3.63, 3.8) is 0 Å². The fourth-order valence-electron chi connectivity index (χ4n) is 2.25. The highest BCUT2D eigenvalue weighted by Gasteiger charge is 2.17. The van der Waals surface area contributed by atoms with Gasteiger partial charge in [0, 0.05) is 17.4 Å². The van der Waals surface area contributed by atoms with Crippen LogP contribution in [-0.4, -0.2) is 15.9 Å². The van der Waals surface area contributed by atoms with Crippen LogP contribution in [0.4, 0.5) is 39.3 Å². The van der Waals surface area contributed by atoms with Gasteiger partial charge in [-0.25, -0.2) is 31.9 Å². The minimum Gasteiger partial charge on any atom is -0.324 e. The Balaban J connectivity index is 1.85. The van der Waals surface area contributed by atoms with E-state index >= 15 is 0 Å².